The van der Waals surface area contributed by atoms with Crippen LogP contribution in [0.1, 0.15) is 27.3 Å². The lowest BCUT2D eigenvalue weighted by Crippen LogP contribution is -2.18. The van der Waals surface area contributed by atoms with Crippen LogP contribution < -0.4 is 5.32 Å². The van der Waals surface area contributed by atoms with Crippen LogP contribution in [-0.4, -0.2) is 25.2 Å². The molecule has 0 aliphatic heterocycles. The number of nitrogens with zero attached hydrogens (tertiary/aromatic N) is 5. The van der Waals surface area contributed by atoms with E-state index in [0.717, 1.165) is 10.7 Å². The van der Waals surface area contributed by atoms with Crippen molar-refractivity contribution in [1.82, 2.24) is 19.3 Å². The van der Waals surface area contributed by atoms with Crippen molar-refractivity contribution in [3.8, 4) is 11.8 Å². The largest absolute Gasteiger partial charge is 0.435 e. The molecule has 1 amide bonds. The maximum Gasteiger partial charge on any atom is 0.435 e. The molecule has 2 aromatic heterocycles. The number of alkyl halides is 3. The second-order valence-corrected chi connectivity index (χ2v) is 6.99. The van der Waals surface area contributed by atoms with E-state index in [1.165, 1.54) is 36.4 Å². The van der Waals surface area contributed by atoms with Gasteiger partial charge in [0.1, 0.15) is 11.5 Å². The van der Waals surface area contributed by atoms with Gasteiger partial charge in [-0.3, -0.25) is 4.79 Å². The minimum atomic E-state index is -4.82. The fourth-order valence-corrected chi connectivity index (χ4v) is 3.13. The first-order valence-corrected chi connectivity index (χ1v) is 9.48. The van der Waals surface area contributed by atoms with E-state index >= 15 is 0 Å². The molecule has 33 heavy (non-hydrogen) atoms. The van der Waals surface area contributed by atoms with E-state index in [4.69, 9.17) is 5.26 Å². The molecule has 11 heteroatoms. The van der Waals surface area contributed by atoms with Gasteiger partial charge in [0.25, 0.3) is 5.91 Å². The molecule has 7 nitrogen and oxygen atoms in total. The number of carbonyl (C=O) groups excluding carboxylic acids is 1. The molecular weight excluding hydrogens is 440 g/mol. The van der Waals surface area contributed by atoms with Gasteiger partial charge in [0.05, 0.1) is 29.3 Å². The number of hydrogen-bond acceptors (Lipinski definition) is 4. The Bertz CT molecular complexity index is 1350. The summed E-state index contributed by atoms with van der Waals surface area (Å²) in [4.78, 5) is 16.8. The van der Waals surface area contributed by atoms with E-state index in [0.29, 0.717) is 18.2 Å². The smallest absolute Gasteiger partial charge is 0.333 e. The Balaban J connectivity index is 1.69. The molecule has 0 saturated carbocycles. The van der Waals surface area contributed by atoms with Gasteiger partial charge in [-0.2, -0.15) is 23.5 Å². The molecule has 0 aliphatic carbocycles. The van der Waals surface area contributed by atoms with E-state index < -0.39 is 29.3 Å². The van der Waals surface area contributed by atoms with E-state index in [2.05, 4.69) is 15.4 Å². The highest BCUT2D eigenvalue weighted by atomic mass is 19.4. The Morgan fingerprint density at radius 2 is 1.97 bits per heavy atom. The molecular formula is C22H14F4N6O. The Morgan fingerprint density at radius 1 is 1.15 bits per heavy atom. The predicted octanol–water partition coefficient (Wildman–Crippen LogP) is 4.40. The summed E-state index contributed by atoms with van der Waals surface area (Å²) in [5.41, 5.74) is -1.10. The number of rotatable bonds is 5. The van der Waals surface area contributed by atoms with Crippen molar-refractivity contribution >= 4 is 11.6 Å². The SMILES string of the molecule is N#Cc1cccc(-n2nc(C(F)(F)F)cc2C(=O)Nc2cc(Cn3ccnc3)ccc2F)c1. The molecule has 0 spiro atoms. The van der Waals surface area contributed by atoms with Crippen molar-refractivity contribution in [3.05, 3.63) is 95.6 Å². The third-order valence-electron chi connectivity index (χ3n) is 4.66. The number of halogens is 4. The lowest BCUT2D eigenvalue weighted by atomic mass is 10.2. The zero-order chi connectivity index (χ0) is 23.6. The summed E-state index contributed by atoms with van der Waals surface area (Å²) >= 11 is 0. The van der Waals surface area contributed by atoms with Gasteiger partial charge in [0.15, 0.2) is 5.69 Å². The number of amides is 1. The number of hydrogen-bond donors (Lipinski definition) is 1. The molecule has 4 aromatic rings. The number of benzene rings is 2. The first-order valence-electron chi connectivity index (χ1n) is 9.48. The van der Waals surface area contributed by atoms with Crippen LogP contribution >= 0.6 is 0 Å². The summed E-state index contributed by atoms with van der Waals surface area (Å²) in [5, 5.41) is 14.9. The Morgan fingerprint density at radius 3 is 2.67 bits per heavy atom. The van der Waals surface area contributed by atoms with Gasteiger partial charge in [0.2, 0.25) is 0 Å². The third kappa shape index (κ3) is 4.74. The van der Waals surface area contributed by atoms with Crippen LogP contribution in [0.3, 0.4) is 0 Å². The van der Waals surface area contributed by atoms with Crippen molar-refractivity contribution in [2.45, 2.75) is 12.7 Å². The number of anilines is 1. The molecule has 4 rings (SSSR count). The van der Waals surface area contributed by atoms with Crippen LogP contribution in [0.4, 0.5) is 23.2 Å². The molecule has 166 valence electrons. The number of imidazole rings is 1. The molecule has 2 aromatic carbocycles. The molecule has 0 bridgehead atoms. The first-order chi connectivity index (χ1) is 15.7. The predicted molar refractivity (Wildman–Crippen MR) is 109 cm³/mol. The average Bonchev–Trinajstić information content (AvgIpc) is 3.46. The van der Waals surface area contributed by atoms with Crippen LogP contribution in [0.25, 0.3) is 5.69 Å². The fourth-order valence-electron chi connectivity index (χ4n) is 3.13. The van der Waals surface area contributed by atoms with Crippen molar-refractivity contribution in [2.24, 2.45) is 0 Å². The van der Waals surface area contributed by atoms with Gasteiger partial charge in [-0.25, -0.2) is 14.1 Å². The second kappa shape index (κ2) is 8.58. The molecule has 1 N–H and O–H groups in total. The minimum Gasteiger partial charge on any atom is -0.333 e. The van der Waals surface area contributed by atoms with Crippen LogP contribution in [0.15, 0.2) is 67.3 Å². The van der Waals surface area contributed by atoms with Crippen LogP contribution in [-0.2, 0) is 12.7 Å². The zero-order valence-electron chi connectivity index (χ0n) is 16.7. The summed E-state index contributed by atoms with van der Waals surface area (Å²) in [5.74, 6) is -1.76. The van der Waals surface area contributed by atoms with Gasteiger partial charge < -0.3 is 9.88 Å². The molecule has 0 fully saturated rings. The van der Waals surface area contributed by atoms with E-state index in [1.54, 1.807) is 23.3 Å². The van der Waals surface area contributed by atoms with Crippen molar-refractivity contribution < 1.29 is 22.4 Å². The monoisotopic (exact) mass is 454 g/mol. The van der Waals surface area contributed by atoms with Crippen LogP contribution in [0.5, 0.6) is 0 Å². The Labute approximate surface area is 184 Å². The first kappa shape index (κ1) is 21.8. The number of nitriles is 1. The highest BCUT2D eigenvalue weighted by Gasteiger charge is 2.36. The highest BCUT2D eigenvalue weighted by molar-refractivity contribution is 6.03. The lowest BCUT2D eigenvalue weighted by Gasteiger charge is -2.11. The summed E-state index contributed by atoms with van der Waals surface area (Å²) in [7, 11) is 0. The quantitative estimate of drug-likeness (QED) is 0.453. The Hall–Kier alpha value is -4.46. The van der Waals surface area contributed by atoms with Crippen molar-refractivity contribution in [1.29, 1.82) is 5.26 Å². The van der Waals surface area contributed by atoms with E-state index in [1.807, 2.05) is 6.07 Å². The van der Waals surface area contributed by atoms with E-state index in [9.17, 15) is 22.4 Å². The maximum atomic E-state index is 14.4. The van der Waals surface area contributed by atoms with Crippen LogP contribution in [0.2, 0.25) is 0 Å². The number of nitrogens with one attached hydrogen (secondary N) is 1. The summed E-state index contributed by atoms with van der Waals surface area (Å²) in [6, 6.07) is 12.1. The zero-order valence-corrected chi connectivity index (χ0v) is 16.7. The third-order valence-corrected chi connectivity index (χ3v) is 4.66. The van der Waals surface area contributed by atoms with Gasteiger partial charge in [0, 0.05) is 25.0 Å². The van der Waals surface area contributed by atoms with Crippen LogP contribution in [0, 0.1) is 17.1 Å². The normalized spacial score (nSPS) is 11.2. The molecule has 0 radical (unpaired) electrons. The van der Waals surface area contributed by atoms with Gasteiger partial charge >= 0.3 is 6.18 Å². The summed E-state index contributed by atoms with van der Waals surface area (Å²) < 4.78 is 56.8. The second-order valence-electron chi connectivity index (χ2n) is 6.99. The molecule has 0 unspecified atom stereocenters. The topological polar surface area (TPSA) is 88.5 Å². The summed E-state index contributed by atoms with van der Waals surface area (Å²) in [6.07, 6.45) is 0.0262. The molecule has 0 aliphatic rings. The molecule has 0 saturated heterocycles. The maximum absolute atomic E-state index is 14.4. The fraction of sp³-hybridized carbons (Fsp3) is 0.0909. The number of aromatic nitrogens is 4. The Kier molecular flexibility index (Phi) is 5.66. The van der Waals surface area contributed by atoms with Crippen molar-refractivity contribution in [3.63, 3.8) is 0 Å². The summed E-state index contributed by atoms with van der Waals surface area (Å²) in [6.45, 7) is 0.347. The molecule has 0 atom stereocenters. The van der Waals surface area contributed by atoms with Gasteiger partial charge in [-0.05, 0) is 35.9 Å². The van der Waals surface area contributed by atoms with Gasteiger partial charge in [-0.1, -0.05) is 12.1 Å². The van der Waals surface area contributed by atoms with E-state index in [-0.39, 0.29) is 16.9 Å². The lowest BCUT2D eigenvalue weighted by molar-refractivity contribution is -0.141. The van der Waals surface area contributed by atoms with Crippen molar-refractivity contribution in [2.75, 3.05) is 5.32 Å². The average molecular weight is 454 g/mol. The highest BCUT2D eigenvalue weighted by Crippen LogP contribution is 2.30. The molecule has 2 heterocycles. The minimum absolute atomic E-state index is 0.0732. The standard InChI is InChI=1S/C22H14F4N6O/c23-17-5-4-15(12-31-7-6-28-13-31)9-18(17)29-21(33)19-10-20(22(24,25)26)30-32(19)16-3-1-2-14(8-16)11-27/h1-10,13H,12H2,(H,29,33). The number of carbonyl (C=O) groups is 1. The van der Waals surface area contributed by atoms with Gasteiger partial charge in [-0.15, -0.1) is 0 Å².